The SMILES string of the molecule is COC(=O)c1ccc(NC(=O)CCN2C(=O)c3ccccc3S2(=O)=O)cc1. The molecule has 140 valence electrons. The van der Waals surface area contributed by atoms with Gasteiger partial charge in [-0.1, -0.05) is 12.1 Å². The summed E-state index contributed by atoms with van der Waals surface area (Å²) in [4.78, 5) is 35.7. The van der Waals surface area contributed by atoms with E-state index in [9.17, 15) is 22.8 Å². The van der Waals surface area contributed by atoms with E-state index in [0.717, 1.165) is 0 Å². The molecule has 0 fully saturated rings. The normalized spacial score (nSPS) is 14.6. The quantitative estimate of drug-likeness (QED) is 0.780. The predicted octanol–water partition coefficient (Wildman–Crippen LogP) is 1.65. The summed E-state index contributed by atoms with van der Waals surface area (Å²) in [5.41, 5.74) is 0.880. The van der Waals surface area contributed by atoms with Gasteiger partial charge in [-0.05, 0) is 36.4 Å². The Labute approximate surface area is 155 Å². The van der Waals surface area contributed by atoms with Crippen LogP contribution in [0.5, 0.6) is 0 Å². The summed E-state index contributed by atoms with van der Waals surface area (Å²) in [6.07, 6.45) is -0.197. The fourth-order valence-electron chi connectivity index (χ4n) is 2.69. The monoisotopic (exact) mass is 388 g/mol. The third-order valence-electron chi connectivity index (χ3n) is 4.04. The first-order valence-electron chi connectivity index (χ1n) is 7.99. The van der Waals surface area contributed by atoms with E-state index in [4.69, 9.17) is 0 Å². The third kappa shape index (κ3) is 3.54. The highest BCUT2D eigenvalue weighted by Crippen LogP contribution is 2.29. The zero-order valence-corrected chi connectivity index (χ0v) is 15.2. The number of hydrogen-bond acceptors (Lipinski definition) is 6. The number of methoxy groups -OCH3 is 1. The molecule has 0 saturated heterocycles. The van der Waals surface area contributed by atoms with Gasteiger partial charge in [0.2, 0.25) is 5.91 Å². The van der Waals surface area contributed by atoms with Gasteiger partial charge in [0.1, 0.15) is 4.90 Å². The molecule has 1 aliphatic rings. The number of nitrogens with one attached hydrogen (secondary N) is 1. The number of esters is 1. The number of nitrogens with zero attached hydrogens (tertiary/aromatic N) is 1. The Kier molecular flexibility index (Phi) is 4.95. The maximum atomic E-state index is 12.4. The first kappa shape index (κ1) is 18.6. The van der Waals surface area contributed by atoms with Crippen molar-refractivity contribution in [3.05, 3.63) is 59.7 Å². The molecular formula is C18H16N2O6S. The molecule has 27 heavy (non-hydrogen) atoms. The summed E-state index contributed by atoms with van der Waals surface area (Å²) in [5, 5.41) is 2.59. The van der Waals surface area contributed by atoms with Gasteiger partial charge in [0, 0.05) is 18.7 Å². The van der Waals surface area contributed by atoms with Gasteiger partial charge in [-0.25, -0.2) is 17.5 Å². The van der Waals surface area contributed by atoms with Gasteiger partial charge in [0.05, 0.1) is 18.2 Å². The van der Waals surface area contributed by atoms with E-state index >= 15 is 0 Å². The van der Waals surface area contributed by atoms with Crippen LogP contribution in [0.3, 0.4) is 0 Å². The van der Waals surface area contributed by atoms with Crippen LogP contribution < -0.4 is 5.32 Å². The van der Waals surface area contributed by atoms with Crippen LogP contribution in [0.1, 0.15) is 27.1 Å². The summed E-state index contributed by atoms with van der Waals surface area (Å²) in [6, 6.07) is 12.0. The maximum Gasteiger partial charge on any atom is 0.337 e. The molecular weight excluding hydrogens is 372 g/mol. The van der Waals surface area contributed by atoms with Gasteiger partial charge >= 0.3 is 5.97 Å². The van der Waals surface area contributed by atoms with Crippen molar-refractivity contribution in [3.63, 3.8) is 0 Å². The Morgan fingerprint density at radius 3 is 2.37 bits per heavy atom. The maximum absolute atomic E-state index is 12.4. The highest BCUT2D eigenvalue weighted by molar-refractivity contribution is 7.90. The average Bonchev–Trinajstić information content (AvgIpc) is 2.86. The van der Waals surface area contributed by atoms with Crippen molar-refractivity contribution in [1.82, 2.24) is 4.31 Å². The molecule has 0 aromatic heterocycles. The zero-order chi connectivity index (χ0) is 19.6. The number of fused-ring (bicyclic) bond motifs is 1. The number of amides is 2. The van der Waals surface area contributed by atoms with Crippen molar-refractivity contribution in [2.24, 2.45) is 0 Å². The molecule has 0 saturated carbocycles. The molecule has 1 N–H and O–H groups in total. The summed E-state index contributed by atoms with van der Waals surface area (Å²) < 4.78 is 30.1. The highest BCUT2D eigenvalue weighted by atomic mass is 32.2. The fraction of sp³-hybridized carbons (Fsp3) is 0.167. The molecule has 1 aliphatic heterocycles. The van der Waals surface area contributed by atoms with E-state index in [0.29, 0.717) is 15.6 Å². The number of rotatable bonds is 5. The van der Waals surface area contributed by atoms with Crippen molar-refractivity contribution in [1.29, 1.82) is 0 Å². The molecule has 1 heterocycles. The number of benzene rings is 2. The molecule has 3 rings (SSSR count). The molecule has 8 nitrogen and oxygen atoms in total. The van der Waals surface area contributed by atoms with E-state index in [2.05, 4.69) is 10.1 Å². The summed E-state index contributed by atoms with van der Waals surface area (Å²) in [5.74, 6) is -1.59. The van der Waals surface area contributed by atoms with Gasteiger partial charge in [-0.15, -0.1) is 0 Å². The molecule has 0 unspecified atom stereocenters. The largest absolute Gasteiger partial charge is 0.465 e. The molecule has 0 spiro atoms. The number of carbonyl (C=O) groups is 3. The molecule has 2 aromatic rings. The number of sulfonamides is 1. The van der Waals surface area contributed by atoms with E-state index in [1.165, 1.54) is 49.6 Å². The zero-order valence-electron chi connectivity index (χ0n) is 14.3. The molecule has 2 aromatic carbocycles. The second kappa shape index (κ2) is 7.20. The van der Waals surface area contributed by atoms with E-state index in [-0.39, 0.29) is 23.4 Å². The molecule has 0 atom stereocenters. The van der Waals surface area contributed by atoms with Crippen LogP contribution in [-0.4, -0.2) is 44.2 Å². The lowest BCUT2D eigenvalue weighted by Gasteiger charge is -2.14. The Morgan fingerprint density at radius 1 is 1.07 bits per heavy atom. The average molecular weight is 388 g/mol. The second-order valence-electron chi connectivity index (χ2n) is 5.75. The Hall–Kier alpha value is -3.20. The number of hydrogen-bond donors (Lipinski definition) is 1. The van der Waals surface area contributed by atoms with Crippen LogP contribution in [-0.2, 0) is 19.6 Å². The lowest BCUT2D eigenvalue weighted by molar-refractivity contribution is -0.116. The van der Waals surface area contributed by atoms with Crippen molar-refractivity contribution in [2.75, 3.05) is 19.0 Å². The highest BCUT2D eigenvalue weighted by Gasteiger charge is 2.40. The van der Waals surface area contributed by atoms with Crippen LogP contribution in [0.2, 0.25) is 0 Å². The summed E-state index contributed by atoms with van der Waals surface area (Å²) in [6.45, 7) is -0.262. The van der Waals surface area contributed by atoms with Crippen LogP contribution in [0.4, 0.5) is 5.69 Å². The Bertz CT molecular complexity index is 1010. The Balaban J connectivity index is 1.63. The standard InChI is InChI=1S/C18H16N2O6S/c1-26-18(23)12-6-8-13(9-7-12)19-16(21)10-11-20-17(22)14-4-2-3-5-15(14)27(20,24)25/h2-9H,10-11H2,1H3,(H,19,21). The second-order valence-corrected chi connectivity index (χ2v) is 7.58. The lowest BCUT2D eigenvalue weighted by atomic mass is 10.2. The smallest absolute Gasteiger partial charge is 0.337 e. The fourth-order valence-corrected chi connectivity index (χ4v) is 4.26. The van der Waals surface area contributed by atoms with E-state index in [1.54, 1.807) is 6.07 Å². The van der Waals surface area contributed by atoms with E-state index in [1.807, 2.05) is 0 Å². The minimum Gasteiger partial charge on any atom is -0.465 e. The Morgan fingerprint density at radius 2 is 1.74 bits per heavy atom. The van der Waals surface area contributed by atoms with E-state index < -0.39 is 27.8 Å². The molecule has 0 radical (unpaired) electrons. The first-order chi connectivity index (χ1) is 12.8. The molecule has 0 aliphatic carbocycles. The number of ether oxygens (including phenoxy) is 1. The van der Waals surface area contributed by atoms with Gasteiger partial charge in [-0.3, -0.25) is 9.59 Å². The summed E-state index contributed by atoms with van der Waals surface area (Å²) >= 11 is 0. The predicted molar refractivity (Wildman–Crippen MR) is 95.7 cm³/mol. The number of carbonyl (C=O) groups excluding carboxylic acids is 3. The van der Waals surface area contributed by atoms with Crippen LogP contribution in [0.25, 0.3) is 0 Å². The summed E-state index contributed by atoms with van der Waals surface area (Å²) in [7, 11) is -2.66. The van der Waals surface area contributed by atoms with Crippen molar-refractivity contribution in [3.8, 4) is 0 Å². The van der Waals surface area contributed by atoms with Crippen molar-refractivity contribution in [2.45, 2.75) is 11.3 Å². The topological polar surface area (TPSA) is 110 Å². The van der Waals surface area contributed by atoms with Crippen LogP contribution in [0, 0.1) is 0 Å². The van der Waals surface area contributed by atoms with Crippen LogP contribution >= 0.6 is 0 Å². The number of anilines is 1. The van der Waals surface area contributed by atoms with Gasteiger partial charge in [0.15, 0.2) is 0 Å². The molecule has 9 heteroatoms. The van der Waals surface area contributed by atoms with Crippen molar-refractivity contribution < 1.29 is 27.5 Å². The lowest BCUT2D eigenvalue weighted by Crippen LogP contribution is -2.33. The molecule has 0 bridgehead atoms. The van der Waals surface area contributed by atoms with Crippen LogP contribution in [0.15, 0.2) is 53.4 Å². The molecule has 2 amide bonds. The minimum absolute atomic E-state index is 0.0474. The van der Waals surface area contributed by atoms with Gasteiger partial charge in [0.25, 0.3) is 15.9 Å². The third-order valence-corrected chi connectivity index (χ3v) is 5.88. The van der Waals surface area contributed by atoms with Gasteiger partial charge in [-0.2, -0.15) is 0 Å². The minimum atomic E-state index is -3.93. The van der Waals surface area contributed by atoms with Gasteiger partial charge < -0.3 is 10.1 Å². The van der Waals surface area contributed by atoms with Crippen molar-refractivity contribution >= 4 is 33.5 Å². The first-order valence-corrected chi connectivity index (χ1v) is 9.43.